The van der Waals surface area contributed by atoms with Gasteiger partial charge in [0.1, 0.15) is 5.69 Å². The fourth-order valence-electron chi connectivity index (χ4n) is 3.03. The minimum absolute atomic E-state index is 0.116. The number of carbonyl (C=O) groups is 1. The summed E-state index contributed by atoms with van der Waals surface area (Å²) >= 11 is 7.39. The minimum Gasteiger partial charge on any atom is -0.356 e. The molecule has 0 aliphatic carbocycles. The second kappa shape index (κ2) is 7.81. The maximum atomic E-state index is 12.3. The summed E-state index contributed by atoms with van der Waals surface area (Å²) in [6.07, 6.45) is 0.215. The van der Waals surface area contributed by atoms with Gasteiger partial charge in [-0.05, 0) is 31.2 Å². The monoisotopic (exact) mass is 416 g/mol. The number of rotatable bonds is 5. The Bertz CT molecular complexity index is 1080. The molecule has 1 atom stereocenters. The molecule has 0 spiro atoms. The molecule has 144 valence electrons. The molecule has 1 aromatic carbocycles. The average Bonchev–Trinajstić information content (AvgIpc) is 3.28. The number of hydrogen-bond acceptors (Lipinski definition) is 6. The van der Waals surface area contributed by atoms with Gasteiger partial charge in [0, 0.05) is 40.6 Å². The summed E-state index contributed by atoms with van der Waals surface area (Å²) in [6.45, 7) is 2.04. The molecule has 28 heavy (non-hydrogen) atoms. The Morgan fingerprint density at radius 3 is 2.93 bits per heavy atom. The maximum Gasteiger partial charge on any atom is 0.254 e. The molecule has 1 N–H and O–H groups in total. The van der Waals surface area contributed by atoms with E-state index in [0.717, 1.165) is 5.56 Å². The quantitative estimate of drug-likeness (QED) is 0.642. The summed E-state index contributed by atoms with van der Waals surface area (Å²) in [5, 5.41) is 8.14. The lowest BCUT2D eigenvalue weighted by atomic mass is 10.1. The van der Waals surface area contributed by atoms with E-state index in [0.29, 0.717) is 33.1 Å². The van der Waals surface area contributed by atoms with Crippen molar-refractivity contribution in [3.8, 4) is 11.3 Å². The first-order valence-electron chi connectivity index (χ1n) is 8.71. The highest BCUT2D eigenvalue weighted by molar-refractivity contribution is 7.99. The van der Waals surface area contributed by atoms with Crippen LogP contribution in [0.15, 0.2) is 50.9 Å². The van der Waals surface area contributed by atoms with Crippen molar-refractivity contribution in [2.75, 3.05) is 5.75 Å². The van der Waals surface area contributed by atoms with Crippen LogP contribution in [0.4, 0.5) is 0 Å². The lowest BCUT2D eigenvalue weighted by Gasteiger charge is -2.12. The fraction of sp³-hybridized carbons (Fsp3) is 0.263. The van der Waals surface area contributed by atoms with Crippen LogP contribution in [-0.4, -0.2) is 26.4 Å². The lowest BCUT2D eigenvalue weighted by Crippen LogP contribution is -2.30. The number of fused-ring (bicyclic) bond motifs is 1. The zero-order valence-electron chi connectivity index (χ0n) is 15.0. The molecule has 1 amide bonds. The van der Waals surface area contributed by atoms with Crippen LogP contribution in [0.1, 0.15) is 23.9 Å². The number of aromatic nitrogens is 3. The first-order valence-corrected chi connectivity index (χ1v) is 10.1. The molecule has 0 bridgehead atoms. The summed E-state index contributed by atoms with van der Waals surface area (Å²) in [6, 6.07) is 10.3. The van der Waals surface area contributed by atoms with Crippen molar-refractivity contribution in [1.82, 2.24) is 20.0 Å². The van der Waals surface area contributed by atoms with E-state index in [1.165, 1.54) is 17.8 Å². The predicted molar refractivity (Wildman–Crippen MR) is 106 cm³/mol. The Kier molecular flexibility index (Phi) is 5.23. The Morgan fingerprint density at radius 1 is 1.36 bits per heavy atom. The van der Waals surface area contributed by atoms with E-state index < -0.39 is 0 Å². The van der Waals surface area contributed by atoms with Crippen molar-refractivity contribution >= 4 is 29.3 Å². The SMILES string of the molecule is Cc1cc(=O)n2c(n1)SCC2CC(=O)NCc1cc(-c2ccc(Cl)cc2)on1. The van der Waals surface area contributed by atoms with Crippen LogP contribution in [0.2, 0.25) is 5.02 Å². The van der Waals surface area contributed by atoms with Crippen molar-refractivity contribution in [3.05, 3.63) is 63.2 Å². The highest BCUT2D eigenvalue weighted by atomic mass is 35.5. The van der Waals surface area contributed by atoms with Gasteiger partial charge in [-0.15, -0.1) is 0 Å². The van der Waals surface area contributed by atoms with Crippen LogP contribution in [0, 0.1) is 6.92 Å². The van der Waals surface area contributed by atoms with Crippen molar-refractivity contribution < 1.29 is 9.32 Å². The molecule has 7 nitrogen and oxygen atoms in total. The van der Waals surface area contributed by atoms with Crippen LogP contribution in [0.3, 0.4) is 0 Å². The van der Waals surface area contributed by atoms with Gasteiger partial charge in [0.05, 0.1) is 12.6 Å². The first kappa shape index (κ1) is 18.8. The third-order valence-electron chi connectivity index (χ3n) is 4.39. The van der Waals surface area contributed by atoms with E-state index in [1.54, 1.807) is 29.7 Å². The Balaban J connectivity index is 1.36. The number of aryl methyl sites for hydroxylation is 1. The molecule has 4 rings (SSSR count). The third kappa shape index (κ3) is 3.98. The number of hydrogen-bond donors (Lipinski definition) is 1. The van der Waals surface area contributed by atoms with E-state index in [1.807, 2.05) is 12.1 Å². The van der Waals surface area contributed by atoms with Crippen molar-refractivity contribution in [3.63, 3.8) is 0 Å². The van der Waals surface area contributed by atoms with Gasteiger partial charge in [0.25, 0.3) is 5.56 Å². The maximum absolute atomic E-state index is 12.3. The Morgan fingerprint density at radius 2 is 2.14 bits per heavy atom. The molecule has 3 heterocycles. The van der Waals surface area contributed by atoms with Gasteiger partial charge >= 0.3 is 0 Å². The van der Waals surface area contributed by atoms with Crippen LogP contribution in [-0.2, 0) is 11.3 Å². The molecular formula is C19H17ClN4O3S. The van der Waals surface area contributed by atoms with Gasteiger partial charge in [-0.25, -0.2) is 4.98 Å². The minimum atomic E-state index is -0.192. The normalized spacial score (nSPS) is 15.4. The van der Waals surface area contributed by atoms with Crippen LogP contribution >= 0.6 is 23.4 Å². The summed E-state index contributed by atoms with van der Waals surface area (Å²) < 4.78 is 6.93. The fourth-order valence-corrected chi connectivity index (χ4v) is 4.35. The largest absolute Gasteiger partial charge is 0.356 e. The molecule has 3 aromatic rings. The highest BCUT2D eigenvalue weighted by Gasteiger charge is 2.27. The number of thioether (sulfide) groups is 1. The third-order valence-corrected chi connectivity index (χ3v) is 5.74. The zero-order valence-corrected chi connectivity index (χ0v) is 16.6. The van der Waals surface area contributed by atoms with Crippen LogP contribution in [0.25, 0.3) is 11.3 Å². The van der Waals surface area contributed by atoms with Crippen molar-refractivity contribution in [1.29, 1.82) is 0 Å². The van der Waals surface area contributed by atoms with Crippen LogP contribution in [0.5, 0.6) is 0 Å². The number of carbonyl (C=O) groups excluding carboxylic acids is 1. The lowest BCUT2D eigenvalue weighted by molar-refractivity contribution is -0.121. The zero-order chi connectivity index (χ0) is 19.7. The van der Waals surface area contributed by atoms with E-state index in [-0.39, 0.29) is 30.5 Å². The first-order chi connectivity index (χ1) is 13.5. The molecule has 0 saturated carbocycles. The second-order valence-corrected chi connectivity index (χ2v) is 7.95. The van der Waals surface area contributed by atoms with Gasteiger partial charge in [-0.2, -0.15) is 0 Å². The summed E-state index contributed by atoms with van der Waals surface area (Å²) in [5.41, 5.74) is 2.05. The molecule has 1 aliphatic heterocycles. The molecule has 0 radical (unpaired) electrons. The van der Waals surface area contributed by atoms with E-state index >= 15 is 0 Å². The van der Waals surface area contributed by atoms with Gasteiger partial charge in [-0.1, -0.05) is 28.5 Å². The second-order valence-electron chi connectivity index (χ2n) is 6.52. The molecule has 0 saturated heterocycles. The predicted octanol–water partition coefficient (Wildman–Crippen LogP) is 3.21. The molecular weight excluding hydrogens is 400 g/mol. The Labute approximate surface area is 170 Å². The average molecular weight is 417 g/mol. The van der Waals surface area contributed by atoms with Gasteiger partial charge in [0.2, 0.25) is 5.91 Å². The van der Waals surface area contributed by atoms with E-state index in [2.05, 4.69) is 15.5 Å². The van der Waals surface area contributed by atoms with Gasteiger partial charge in [0.15, 0.2) is 10.9 Å². The van der Waals surface area contributed by atoms with E-state index in [4.69, 9.17) is 16.1 Å². The summed E-state index contributed by atoms with van der Waals surface area (Å²) in [7, 11) is 0. The van der Waals surface area contributed by atoms with Gasteiger partial charge in [-0.3, -0.25) is 14.2 Å². The van der Waals surface area contributed by atoms with Crippen LogP contribution < -0.4 is 10.9 Å². The number of halogens is 1. The molecule has 2 aromatic heterocycles. The standard InChI is InChI=1S/C19H17ClN4O3S/c1-11-6-18(26)24-15(10-28-19(24)22-11)8-17(25)21-9-14-7-16(27-23-14)12-2-4-13(20)5-3-12/h2-7,15H,8-10H2,1H3,(H,21,25). The summed E-state index contributed by atoms with van der Waals surface area (Å²) in [4.78, 5) is 28.9. The summed E-state index contributed by atoms with van der Waals surface area (Å²) in [5.74, 6) is 1.11. The van der Waals surface area contributed by atoms with Crippen molar-refractivity contribution in [2.24, 2.45) is 0 Å². The van der Waals surface area contributed by atoms with Gasteiger partial charge < -0.3 is 9.84 Å². The molecule has 9 heteroatoms. The van der Waals surface area contributed by atoms with E-state index in [9.17, 15) is 9.59 Å². The topological polar surface area (TPSA) is 90.0 Å². The number of nitrogens with one attached hydrogen (secondary N) is 1. The van der Waals surface area contributed by atoms with Crippen molar-refractivity contribution in [2.45, 2.75) is 31.1 Å². The number of nitrogens with zero attached hydrogens (tertiary/aromatic N) is 3. The smallest absolute Gasteiger partial charge is 0.254 e. The number of benzene rings is 1. The molecule has 1 unspecified atom stereocenters. The molecule has 0 fully saturated rings. The Hall–Kier alpha value is -2.58. The highest BCUT2D eigenvalue weighted by Crippen LogP contribution is 2.31. The number of amides is 1. The molecule has 1 aliphatic rings.